The molecule has 0 bridgehead atoms. The Morgan fingerprint density at radius 2 is 2.05 bits per heavy atom. The van der Waals surface area contributed by atoms with Crippen molar-refractivity contribution in [2.45, 2.75) is 46.5 Å². The van der Waals surface area contributed by atoms with Crippen molar-refractivity contribution in [3.8, 4) is 5.75 Å². The Morgan fingerprint density at radius 1 is 1.37 bits per heavy atom. The molecule has 0 spiro atoms. The van der Waals surface area contributed by atoms with E-state index in [1.165, 1.54) is 22.3 Å². The number of benzene rings is 1. The van der Waals surface area contributed by atoms with E-state index >= 15 is 0 Å². The molecule has 0 radical (unpaired) electrons. The lowest BCUT2D eigenvalue weighted by atomic mass is 9.93. The van der Waals surface area contributed by atoms with Crippen LogP contribution in [0.5, 0.6) is 5.75 Å². The molecule has 0 saturated carbocycles. The molecule has 0 aliphatic carbocycles. The highest BCUT2D eigenvalue weighted by molar-refractivity contribution is 5.68. The van der Waals surface area contributed by atoms with E-state index in [0.717, 1.165) is 25.1 Å². The van der Waals surface area contributed by atoms with Crippen LogP contribution in [-0.2, 0) is 0 Å². The van der Waals surface area contributed by atoms with Crippen LogP contribution in [-0.4, -0.2) is 13.7 Å². The predicted molar refractivity (Wildman–Crippen MR) is 83.8 cm³/mol. The molecule has 0 saturated heterocycles. The molecule has 0 aromatic heterocycles. The van der Waals surface area contributed by atoms with Crippen molar-refractivity contribution >= 4 is 5.57 Å². The Kier molecular flexibility index (Phi) is 6.10. The highest BCUT2D eigenvalue weighted by atomic mass is 16.5. The summed E-state index contributed by atoms with van der Waals surface area (Å²) in [6, 6.07) is 4.41. The Balaban J connectivity index is 3.14. The van der Waals surface area contributed by atoms with Crippen LogP contribution >= 0.6 is 0 Å². The normalized spacial score (nSPS) is 12.1. The summed E-state index contributed by atoms with van der Waals surface area (Å²) in [4.78, 5) is 0. The molecule has 0 atom stereocenters. The second kappa shape index (κ2) is 7.34. The lowest BCUT2D eigenvalue weighted by molar-refractivity contribution is 0.407. The Bertz CT molecular complexity index is 447. The summed E-state index contributed by atoms with van der Waals surface area (Å²) in [6.07, 6.45) is 4.38. The molecule has 1 rings (SSSR count). The fourth-order valence-electron chi connectivity index (χ4n) is 2.30. The number of hydrogen-bond acceptors (Lipinski definition) is 2. The summed E-state index contributed by atoms with van der Waals surface area (Å²) in [6.45, 7) is 9.47. The fourth-order valence-corrected chi connectivity index (χ4v) is 2.30. The van der Waals surface area contributed by atoms with E-state index in [-0.39, 0.29) is 0 Å². The second-order valence-electron chi connectivity index (χ2n) is 5.38. The van der Waals surface area contributed by atoms with E-state index in [1.807, 2.05) is 0 Å². The Morgan fingerprint density at radius 3 is 2.58 bits per heavy atom. The van der Waals surface area contributed by atoms with Gasteiger partial charge in [0.15, 0.2) is 0 Å². The number of rotatable bonds is 6. The van der Waals surface area contributed by atoms with Crippen molar-refractivity contribution in [3.05, 3.63) is 34.9 Å². The first-order chi connectivity index (χ1) is 9.01. The number of hydrogen-bond donors (Lipinski definition) is 1. The first-order valence-corrected chi connectivity index (χ1v) is 7.07. The van der Waals surface area contributed by atoms with Crippen molar-refractivity contribution in [3.63, 3.8) is 0 Å². The topological polar surface area (TPSA) is 35.2 Å². The van der Waals surface area contributed by atoms with E-state index in [2.05, 4.69) is 45.9 Å². The zero-order chi connectivity index (χ0) is 14.4. The highest BCUT2D eigenvalue weighted by Gasteiger charge is 2.11. The minimum absolute atomic E-state index is 0.464. The number of ether oxygens (including phenoxy) is 1. The quantitative estimate of drug-likeness (QED) is 0.776. The van der Waals surface area contributed by atoms with Gasteiger partial charge in [-0.1, -0.05) is 19.9 Å². The monoisotopic (exact) mass is 261 g/mol. The van der Waals surface area contributed by atoms with Crippen LogP contribution in [0.3, 0.4) is 0 Å². The van der Waals surface area contributed by atoms with Crippen LogP contribution < -0.4 is 10.5 Å². The fraction of sp³-hybridized carbons (Fsp3) is 0.529. The van der Waals surface area contributed by atoms with Gasteiger partial charge < -0.3 is 10.5 Å². The zero-order valence-electron chi connectivity index (χ0n) is 12.9. The second-order valence-corrected chi connectivity index (χ2v) is 5.38. The van der Waals surface area contributed by atoms with E-state index in [4.69, 9.17) is 10.5 Å². The average molecular weight is 261 g/mol. The van der Waals surface area contributed by atoms with Gasteiger partial charge in [0.05, 0.1) is 7.11 Å². The lowest BCUT2D eigenvalue weighted by Crippen LogP contribution is -1.99. The molecule has 19 heavy (non-hydrogen) atoms. The third-order valence-corrected chi connectivity index (χ3v) is 3.48. The maximum Gasteiger partial charge on any atom is 0.122 e. The molecule has 0 aliphatic heterocycles. The van der Waals surface area contributed by atoms with E-state index in [0.29, 0.717) is 5.92 Å². The maximum absolute atomic E-state index is 5.54. The Hall–Kier alpha value is -1.28. The SMILES string of the molecule is COc1cc(C)c(/C(C)=C/CCCN)cc1C(C)C. The van der Waals surface area contributed by atoms with Gasteiger partial charge in [-0.3, -0.25) is 0 Å². The Labute approximate surface area is 117 Å². The summed E-state index contributed by atoms with van der Waals surface area (Å²) >= 11 is 0. The molecule has 2 N–H and O–H groups in total. The van der Waals surface area contributed by atoms with Crippen molar-refractivity contribution in [2.75, 3.05) is 13.7 Å². The molecule has 0 unspecified atom stereocenters. The summed E-state index contributed by atoms with van der Waals surface area (Å²) in [5, 5.41) is 0. The minimum Gasteiger partial charge on any atom is -0.496 e. The molecule has 1 aromatic carbocycles. The van der Waals surface area contributed by atoms with Gasteiger partial charge in [0.1, 0.15) is 5.75 Å². The van der Waals surface area contributed by atoms with Crippen LogP contribution in [0.4, 0.5) is 0 Å². The summed E-state index contributed by atoms with van der Waals surface area (Å²) in [5.41, 5.74) is 10.7. The van der Waals surface area contributed by atoms with E-state index in [9.17, 15) is 0 Å². The molecule has 106 valence electrons. The van der Waals surface area contributed by atoms with Gasteiger partial charge in [-0.2, -0.15) is 0 Å². The molecule has 0 aliphatic rings. The third-order valence-electron chi connectivity index (χ3n) is 3.48. The lowest BCUT2D eigenvalue weighted by Gasteiger charge is -2.16. The molecule has 0 fully saturated rings. The standard InChI is InChI=1S/C17H27NO/c1-12(2)15-11-16(13(3)8-6-7-9-18)14(4)10-17(15)19-5/h8,10-12H,6-7,9,18H2,1-5H3/b13-8+. The third kappa shape index (κ3) is 4.10. The summed E-state index contributed by atoms with van der Waals surface area (Å²) in [7, 11) is 1.74. The smallest absolute Gasteiger partial charge is 0.122 e. The number of unbranched alkanes of at least 4 members (excludes halogenated alkanes) is 1. The van der Waals surface area contributed by atoms with Crippen LogP contribution in [0.1, 0.15) is 56.2 Å². The van der Waals surface area contributed by atoms with E-state index < -0.39 is 0 Å². The van der Waals surface area contributed by atoms with Crippen molar-refractivity contribution < 1.29 is 4.74 Å². The van der Waals surface area contributed by atoms with Crippen LogP contribution in [0, 0.1) is 6.92 Å². The minimum atomic E-state index is 0.464. The summed E-state index contributed by atoms with van der Waals surface area (Å²) in [5.74, 6) is 1.46. The van der Waals surface area contributed by atoms with Crippen molar-refractivity contribution in [1.82, 2.24) is 0 Å². The number of methoxy groups -OCH3 is 1. The molecule has 0 amide bonds. The predicted octanol–water partition coefficient (Wildman–Crippen LogP) is 4.27. The van der Waals surface area contributed by atoms with Gasteiger partial charge in [0, 0.05) is 0 Å². The van der Waals surface area contributed by atoms with Crippen molar-refractivity contribution in [1.29, 1.82) is 0 Å². The highest BCUT2D eigenvalue weighted by Crippen LogP contribution is 2.32. The van der Waals surface area contributed by atoms with Gasteiger partial charge in [0.25, 0.3) is 0 Å². The molecular formula is C17H27NO. The largest absolute Gasteiger partial charge is 0.496 e. The van der Waals surface area contributed by atoms with Crippen LogP contribution in [0.2, 0.25) is 0 Å². The maximum atomic E-state index is 5.54. The zero-order valence-corrected chi connectivity index (χ0v) is 12.9. The van der Waals surface area contributed by atoms with Gasteiger partial charge in [-0.05, 0) is 73.5 Å². The van der Waals surface area contributed by atoms with Gasteiger partial charge in [-0.15, -0.1) is 0 Å². The number of nitrogens with two attached hydrogens (primary N) is 1. The molecule has 1 aromatic rings. The van der Waals surface area contributed by atoms with E-state index in [1.54, 1.807) is 7.11 Å². The van der Waals surface area contributed by atoms with Gasteiger partial charge >= 0.3 is 0 Å². The first-order valence-electron chi connectivity index (χ1n) is 7.07. The summed E-state index contributed by atoms with van der Waals surface area (Å²) < 4.78 is 5.48. The molecule has 0 heterocycles. The van der Waals surface area contributed by atoms with Gasteiger partial charge in [0.2, 0.25) is 0 Å². The van der Waals surface area contributed by atoms with Gasteiger partial charge in [-0.25, -0.2) is 0 Å². The number of aryl methyl sites for hydroxylation is 1. The molecule has 2 nitrogen and oxygen atoms in total. The molecule has 2 heteroatoms. The average Bonchev–Trinajstić information content (AvgIpc) is 2.37. The van der Waals surface area contributed by atoms with Crippen LogP contribution in [0.15, 0.2) is 18.2 Å². The number of allylic oxidation sites excluding steroid dienone is 2. The van der Waals surface area contributed by atoms with Crippen molar-refractivity contribution in [2.24, 2.45) is 5.73 Å². The first kappa shape index (κ1) is 15.8. The van der Waals surface area contributed by atoms with Crippen LogP contribution in [0.25, 0.3) is 5.57 Å². The molecular weight excluding hydrogens is 234 g/mol.